The van der Waals surface area contributed by atoms with Gasteiger partial charge >= 0.3 is 0 Å². The lowest BCUT2D eigenvalue weighted by atomic mass is 10.1. The van der Waals surface area contributed by atoms with Crippen LogP contribution in [0.3, 0.4) is 0 Å². The second-order valence-electron chi connectivity index (χ2n) is 3.47. The van der Waals surface area contributed by atoms with Crippen LogP contribution in [0.4, 0.5) is 0 Å². The van der Waals surface area contributed by atoms with E-state index in [0.717, 1.165) is 6.29 Å². The molecule has 0 radical (unpaired) electrons. The van der Waals surface area contributed by atoms with Gasteiger partial charge < -0.3 is 15.4 Å². The van der Waals surface area contributed by atoms with Gasteiger partial charge in [-0.25, -0.2) is 0 Å². The molecule has 1 amide bonds. The molecule has 0 rings (SSSR count). The lowest BCUT2D eigenvalue weighted by Gasteiger charge is -2.14. The van der Waals surface area contributed by atoms with Crippen molar-refractivity contribution in [1.82, 2.24) is 10.6 Å². The highest BCUT2D eigenvalue weighted by Crippen LogP contribution is 2.02. The first-order valence-corrected chi connectivity index (χ1v) is 4.49. The Morgan fingerprint density at radius 1 is 1.46 bits per heavy atom. The fourth-order valence-electron chi connectivity index (χ4n) is 1.07. The monoisotopic (exact) mass is 186 g/mol. The van der Waals surface area contributed by atoms with Crippen LogP contribution >= 0.6 is 0 Å². The average molecular weight is 186 g/mol. The summed E-state index contributed by atoms with van der Waals surface area (Å²) >= 11 is 0. The Balaban J connectivity index is 3.83. The Labute approximate surface area is 79.1 Å². The number of hydrogen-bond acceptors (Lipinski definition) is 3. The van der Waals surface area contributed by atoms with Gasteiger partial charge in [-0.15, -0.1) is 0 Å². The van der Waals surface area contributed by atoms with E-state index in [4.69, 9.17) is 0 Å². The summed E-state index contributed by atoms with van der Waals surface area (Å²) in [6, 6.07) is -0.346. The van der Waals surface area contributed by atoms with Crippen LogP contribution in [-0.2, 0) is 9.59 Å². The molecule has 0 fully saturated rings. The van der Waals surface area contributed by atoms with E-state index in [1.54, 1.807) is 7.05 Å². The predicted molar refractivity (Wildman–Crippen MR) is 51.4 cm³/mol. The molecule has 0 aromatic carbocycles. The zero-order valence-electron chi connectivity index (χ0n) is 8.46. The summed E-state index contributed by atoms with van der Waals surface area (Å²) in [5.74, 6) is 0.269. The van der Waals surface area contributed by atoms with Crippen LogP contribution in [-0.4, -0.2) is 31.8 Å². The molecule has 0 aromatic rings. The van der Waals surface area contributed by atoms with Gasteiger partial charge in [0.1, 0.15) is 6.29 Å². The molecule has 0 saturated heterocycles. The standard InChI is InChI=1S/C9H18N2O2/c1-7(2)4-8(6-12)11-9(13)5-10-3/h6-8,10H,4-5H2,1-3H3,(H,11,13). The lowest BCUT2D eigenvalue weighted by Crippen LogP contribution is -2.41. The third kappa shape index (κ3) is 6.28. The zero-order valence-corrected chi connectivity index (χ0v) is 8.46. The van der Waals surface area contributed by atoms with E-state index >= 15 is 0 Å². The normalized spacial score (nSPS) is 12.6. The van der Waals surface area contributed by atoms with Gasteiger partial charge in [-0.2, -0.15) is 0 Å². The summed E-state index contributed by atoms with van der Waals surface area (Å²) in [6.07, 6.45) is 1.48. The number of carbonyl (C=O) groups excluding carboxylic acids is 2. The Morgan fingerprint density at radius 2 is 2.08 bits per heavy atom. The molecule has 0 aromatic heterocycles. The molecule has 1 atom stereocenters. The molecule has 0 bridgehead atoms. The molecule has 0 aliphatic carbocycles. The van der Waals surface area contributed by atoms with Crippen LogP contribution in [0.1, 0.15) is 20.3 Å². The molecule has 0 aliphatic heterocycles. The minimum atomic E-state index is -0.346. The average Bonchev–Trinajstić information content (AvgIpc) is 2.02. The number of amides is 1. The van der Waals surface area contributed by atoms with E-state index in [1.807, 2.05) is 13.8 Å². The molecule has 4 heteroatoms. The summed E-state index contributed by atoms with van der Waals surface area (Å²) < 4.78 is 0. The van der Waals surface area contributed by atoms with Gasteiger partial charge in [-0.3, -0.25) is 4.79 Å². The highest BCUT2D eigenvalue weighted by Gasteiger charge is 2.11. The number of nitrogens with one attached hydrogen (secondary N) is 2. The summed E-state index contributed by atoms with van der Waals surface area (Å²) in [5, 5.41) is 5.35. The van der Waals surface area contributed by atoms with Gasteiger partial charge in [0.05, 0.1) is 12.6 Å². The molecule has 0 spiro atoms. The van der Waals surface area contributed by atoms with E-state index in [9.17, 15) is 9.59 Å². The quantitative estimate of drug-likeness (QED) is 0.571. The molecule has 13 heavy (non-hydrogen) atoms. The van der Waals surface area contributed by atoms with Crippen molar-refractivity contribution in [2.75, 3.05) is 13.6 Å². The Bertz CT molecular complexity index is 169. The largest absolute Gasteiger partial charge is 0.345 e. The molecule has 0 saturated carbocycles. The second-order valence-corrected chi connectivity index (χ2v) is 3.47. The first kappa shape index (κ1) is 12.1. The fraction of sp³-hybridized carbons (Fsp3) is 0.778. The third-order valence-electron chi connectivity index (χ3n) is 1.57. The maximum Gasteiger partial charge on any atom is 0.234 e. The smallest absolute Gasteiger partial charge is 0.234 e. The highest BCUT2D eigenvalue weighted by atomic mass is 16.2. The van der Waals surface area contributed by atoms with Gasteiger partial charge in [0.15, 0.2) is 0 Å². The fourth-order valence-corrected chi connectivity index (χ4v) is 1.07. The number of carbonyl (C=O) groups is 2. The molecule has 1 unspecified atom stereocenters. The third-order valence-corrected chi connectivity index (χ3v) is 1.57. The Hall–Kier alpha value is -0.900. The summed E-state index contributed by atoms with van der Waals surface area (Å²) in [7, 11) is 1.69. The maximum atomic E-state index is 11.1. The Morgan fingerprint density at radius 3 is 2.46 bits per heavy atom. The number of hydrogen-bond donors (Lipinski definition) is 2. The molecule has 2 N–H and O–H groups in total. The van der Waals surface area contributed by atoms with Crippen molar-refractivity contribution in [2.45, 2.75) is 26.3 Å². The van der Waals surface area contributed by atoms with Crippen LogP contribution < -0.4 is 10.6 Å². The molecule has 0 aliphatic rings. The Kier molecular flexibility index (Phi) is 6.14. The van der Waals surface area contributed by atoms with Gasteiger partial charge in [0, 0.05) is 0 Å². The topological polar surface area (TPSA) is 58.2 Å². The number of aldehydes is 1. The van der Waals surface area contributed by atoms with Crippen molar-refractivity contribution in [3.63, 3.8) is 0 Å². The van der Waals surface area contributed by atoms with Crippen LogP contribution in [0, 0.1) is 5.92 Å². The van der Waals surface area contributed by atoms with E-state index in [2.05, 4.69) is 10.6 Å². The number of rotatable bonds is 6. The van der Waals surface area contributed by atoms with Gasteiger partial charge in [0.25, 0.3) is 0 Å². The summed E-state index contributed by atoms with van der Waals surface area (Å²) in [6.45, 7) is 4.28. The lowest BCUT2D eigenvalue weighted by molar-refractivity contribution is -0.123. The van der Waals surface area contributed by atoms with E-state index < -0.39 is 0 Å². The first-order valence-electron chi connectivity index (χ1n) is 4.49. The van der Waals surface area contributed by atoms with Crippen molar-refractivity contribution >= 4 is 12.2 Å². The van der Waals surface area contributed by atoms with Crippen LogP contribution in [0.5, 0.6) is 0 Å². The van der Waals surface area contributed by atoms with Crippen LogP contribution in [0.2, 0.25) is 0 Å². The van der Waals surface area contributed by atoms with Crippen LogP contribution in [0.25, 0.3) is 0 Å². The first-order chi connectivity index (χ1) is 6.10. The molecular formula is C9H18N2O2. The summed E-state index contributed by atoms with van der Waals surface area (Å²) in [4.78, 5) is 21.6. The minimum absolute atomic E-state index is 0.139. The van der Waals surface area contributed by atoms with Crippen molar-refractivity contribution in [2.24, 2.45) is 5.92 Å². The van der Waals surface area contributed by atoms with E-state index in [0.29, 0.717) is 12.3 Å². The van der Waals surface area contributed by atoms with Crippen molar-refractivity contribution in [3.8, 4) is 0 Å². The van der Waals surface area contributed by atoms with Crippen molar-refractivity contribution < 1.29 is 9.59 Å². The zero-order chi connectivity index (χ0) is 10.3. The molecule has 76 valence electrons. The van der Waals surface area contributed by atoms with Crippen molar-refractivity contribution in [3.05, 3.63) is 0 Å². The van der Waals surface area contributed by atoms with Crippen molar-refractivity contribution in [1.29, 1.82) is 0 Å². The summed E-state index contributed by atoms with van der Waals surface area (Å²) in [5.41, 5.74) is 0. The van der Waals surface area contributed by atoms with Crippen LogP contribution in [0.15, 0.2) is 0 Å². The SMILES string of the molecule is CNCC(=O)NC(C=O)CC(C)C. The highest BCUT2D eigenvalue weighted by molar-refractivity contribution is 5.81. The molecule has 4 nitrogen and oxygen atoms in total. The second kappa shape index (κ2) is 6.60. The van der Waals surface area contributed by atoms with E-state index in [1.165, 1.54) is 0 Å². The van der Waals surface area contributed by atoms with E-state index in [-0.39, 0.29) is 18.5 Å². The number of likely N-dealkylation sites (N-methyl/N-ethyl adjacent to an activating group) is 1. The predicted octanol–water partition coefficient (Wildman–Crippen LogP) is -0.0644. The minimum Gasteiger partial charge on any atom is -0.345 e. The molecule has 0 heterocycles. The molecular weight excluding hydrogens is 168 g/mol. The van der Waals surface area contributed by atoms with Gasteiger partial charge in [-0.05, 0) is 19.4 Å². The maximum absolute atomic E-state index is 11.1. The van der Waals surface area contributed by atoms with Gasteiger partial charge in [0.2, 0.25) is 5.91 Å². The van der Waals surface area contributed by atoms with Gasteiger partial charge in [-0.1, -0.05) is 13.8 Å².